The Hall–Kier alpha value is -2.34. The zero-order chi connectivity index (χ0) is 18.2. The second-order valence-electron chi connectivity index (χ2n) is 6.33. The number of hydrogen-bond donors (Lipinski definition) is 3. The molecule has 0 saturated heterocycles. The van der Waals surface area contributed by atoms with Gasteiger partial charge >= 0.3 is 6.03 Å². The number of aromatic nitrogens is 1. The molecule has 25 heavy (non-hydrogen) atoms. The van der Waals surface area contributed by atoms with Crippen LogP contribution in [-0.4, -0.2) is 29.3 Å². The molecule has 2 aromatic rings. The smallest absolute Gasteiger partial charge is 0.319 e. The quantitative estimate of drug-likeness (QED) is 0.677. The lowest BCUT2D eigenvalue weighted by molar-refractivity contribution is 0.236. The third-order valence-corrected chi connectivity index (χ3v) is 4.14. The molecule has 0 saturated carbocycles. The van der Waals surface area contributed by atoms with Gasteiger partial charge in [0.15, 0.2) is 0 Å². The van der Waals surface area contributed by atoms with Gasteiger partial charge in [-0.25, -0.2) is 9.78 Å². The maximum absolute atomic E-state index is 12.2. The number of anilines is 1. The van der Waals surface area contributed by atoms with Crippen molar-refractivity contribution in [2.45, 2.75) is 40.0 Å². The average Bonchev–Trinajstić information content (AvgIpc) is 3.01. The van der Waals surface area contributed by atoms with E-state index in [9.17, 15) is 4.79 Å². The third kappa shape index (κ3) is 5.60. The van der Waals surface area contributed by atoms with E-state index < -0.39 is 0 Å². The first-order valence-corrected chi connectivity index (χ1v) is 8.72. The number of nitrogens with one attached hydrogen (secondary N) is 2. The number of aliphatic hydroxyl groups is 1. The Morgan fingerprint density at radius 1 is 1.32 bits per heavy atom. The minimum atomic E-state index is -0.247. The van der Waals surface area contributed by atoms with E-state index in [0.717, 1.165) is 35.3 Å². The Morgan fingerprint density at radius 3 is 2.76 bits per heavy atom. The van der Waals surface area contributed by atoms with Crippen LogP contribution >= 0.6 is 0 Å². The fourth-order valence-electron chi connectivity index (χ4n) is 2.72. The predicted octanol–water partition coefficient (Wildman–Crippen LogP) is 3.88. The van der Waals surface area contributed by atoms with Crippen LogP contribution < -0.4 is 10.6 Å². The van der Waals surface area contributed by atoms with Gasteiger partial charge in [-0.1, -0.05) is 19.4 Å². The average molecular weight is 345 g/mol. The van der Waals surface area contributed by atoms with Crippen molar-refractivity contribution in [3.05, 3.63) is 35.7 Å². The molecule has 6 nitrogen and oxygen atoms in total. The number of aliphatic hydroxyl groups excluding tert-OH is 1. The molecule has 0 bridgehead atoms. The molecule has 1 atom stereocenters. The first kappa shape index (κ1) is 19.0. The summed E-state index contributed by atoms with van der Waals surface area (Å²) in [5, 5.41) is 14.9. The number of nitrogens with zero attached hydrogens (tertiary/aromatic N) is 1. The van der Waals surface area contributed by atoms with Crippen LogP contribution in [0.1, 0.15) is 37.4 Å². The molecule has 0 aliphatic heterocycles. The summed E-state index contributed by atoms with van der Waals surface area (Å²) in [6, 6.07) is 5.46. The van der Waals surface area contributed by atoms with Crippen LogP contribution in [0.5, 0.6) is 0 Å². The van der Waals surface area contributed by atoms with Crippen LogP contribution in [0.15, 0.2) is 28.9 Å². The lowest BCUT2D eigenvalue weighted by Crippen LogP contribution is -2.33. The normalized spacial score (nSPS) is 12.0. The van der Waals surface area contributed by atoms with Crippen LogP contribution in [0, 0.1) is 19.8 Å². The summed E-state index contributed by atoms with van der Waals surface area (Å²) in [5.41, 5.74) is 3.31. The lowest BCUT2D eigenvalue weighted by Gasteiger charge is -2.16. The highest BCUT2D eigenvalue weighted by Crippen LogP contribution is 2.25. The number of carbonyl (C=O) groups is 1. The van der Waals surface area contributed by atoms with Crippen molar-refractivity contribution in [1.82, 2.24) is 10.3 Å². The lowest BCUT2D eigenvalue weighted by atomic mass is 10.0. The topological polar surface area (TPSA) is 87.4 Å². The Kier molecular flexibility index (Phi) is 7.01. The van der Waals surface area contributed by atoms with E-state index in [1.807, 2.05) is 32.0 Å². The number of rotatable bonds is 8. The van der Waals surface area contributed by atoms with Crippen LogP contribution in [0.3, 0.4) is 0 Å². The molecule has 2 rings (SSSR count). The Bertz CT molecular complexity index is 691. The van der Waals surface area contributed by atoms with Gasteiger partial charge in [0.1, 0.15) is 6.26 Å². The zero-order valence-corrected chi connectivity index (χ0v) is 15.1. The summed E-state index contributed by atoms with van der Waals surface area (Å²) in [7, 11) is 0. The molecular weight excluding hydrogens is 318 g/mol. The molecule has 1 heterocycles. The van der Waals surface area contributed by atoms with Gasteiger partial charge in [-0.05, 0) is 50.3 Å². The van der Waals surface area contributed by atoms with E-state index in [2.05, 4.69) is 22.5 Å². The molecule has 0 fully saturated rings. The van der Waals surface area contributed by atoms with Gasteiger partial charge in [0.2, 0.25) is 5.89 Å². The summed E-state index contributed by atoms with van der Waals surface area (Å²) in [5.74, 6) is 0.829. The van der Waals surface area contributed by atoms with Gasteiger partial charge in [-0.3, -0.25) is 0 Å². The molecule has 3 N–H and O–H groups in total. The Morgan fingerprint density at radius 2 is 2.12 bits per heavy atom. The number of amides is 2. The predicted molar refractivity (Wildman–Crippen MR) is 98.5 cm³/mol. The molecule has 1 aromatic heterocycles. The fourth-order valence-corrected chi connectivity index (χ4v) is 2.72. The molecule has 6 heteroatoms. The van der Waals surface area contributed by atoms with Crippen LogP contribution in [0.4, 0.5) is 10.5 Å². The maximum atomic E-state index is 12.2. The van der Waals surface area contributed by atoms with Gasteiger partial charge in [0.05, 0.1) is 5.69 Å². The maximum Gasteiger partial charge on any atom is 0.319 e. The summed E-state index contributed by atoms with van der Waals surface area (Å²) in [4.78, 5) is 16.5. The van der Waals surface area contributed by atoms with Crippen molar-refractivity contribution >= 4 is 11.7 Å². The molecular formula is C19H27N3O3. The molecule has 1 aromatic carbocycles. The highest BCUT2D eigenvalue weighted by Gasteiger charge is 2.12. The number of carbonyl (C=O) groups excluding carboxylic acids is 1. The third-order valence-electron chi connectivity index (χ3n) is 4.14. The van der Waals surface area contributed by atoms with E-state index in [-0.39, 0.29) is 12.6 Å². The molecule has 0 radical (unpaired) electrons. The van der Waals surface area contributed by atoms with Crippen LogP contribution in [-0.2, 0) is 0 Å². The van der Waals surface area contributed by atoms with E-state index in [4.69, 9.17) is 9.52 Å². The van der Waals surface area contributed by atoms with E-state index in [1.54, 1.807) is 6.26 Å². The van der Waals surface area contributed by atoms with Crippen molar-refractivity contribution in [2.75, 3.05) is 18.5 Å². The summed E-state index contributed by atoms with van der Waals surface area (Å²) in [6.45, 7) is 6.60. The Labute approximate surface area is 148 Å². The number of hydrogen-bond acceptors (Lipinski definition) is 4. The van der Waals surface area contributed by atoms with Gasteiger partial charge in [-0.2, -0.15) is 0 Å². The monoisotopic (exact) mass is 345 g/mol. The number of benzene rings is 1. The standard InChI is InChI=1S/C19H27N3O3/c1-4-5-15(8-9-23)11-20-19(24)22-17-10-16(7-6-13(17)2)18-21-14(3)12-25-18/h6-7,10,12,15,23H,4-5,8-9,11H2,1-3H3,(H2,20,22,24). The summed E-state index contributed by atoms with van der Waals surface area (Å²) < 4.78 is 5.42. The molecule has 1 unspecified atom stereocenters. The van der Waals surface area contributed by atoms with Gasteiger partial charge < -0.3 is 20.2 Å². The van der Waals surface area contributed by atoms with Crippen molar-refractivity contribution < 1.29 is 14.3 Å². The minimum Gasteiger partial charge on any atom is -0.444 e. The molecule has 0 spiro atoms. The fraction of sp³-hybridized carbons (Fsp3) is 0.474. The number of aryl methyl sites for hydroxylation is 2. The van der Waals surface area contributed by atoms with Crippen molar-refractivity contribution in [1.29, 1.82) is 0 Å². The molecule has 136 valence electrons. The van der Waals surface area contributed by atoms with Crippen LogP contribution in [0.25, 0.3) is 11.5 Å². The van der Waals surface area contributed by atoms with Gasteiger partial charge in [-0.15, -0.1) is 0 Å². The molecule has 0 aliphatic rings. The number of urea groups is 1. The zero-order valence-electron chi connectivity index (χ0n) is 15.1. The summed E-state index contributed by atoms with van der Waals surface area (Å²) >= 11 is 0. The first-order chi connectivity index (χ1) is 12.0. The van der Waals surface area contributed by atoms with Gasteiger partial charge in [0, 0.05) is 24.4 Å². The van der Waals surface area contributed by atoms with Gasteiger partial charge in [0.25, 0.3) is 0 Å². The SMILES string of the molecule is CCCC(CCO)CNC(=O)Nc1cc(-c2nc(C)co2)ccc1C. The van der Waals surface area contributed by atoms with Crippen LogP contribution in [0.2, 0.25) is 0 Å². The Balaban J connectivity index is 2.00. The van der Waals surface area contributed by atoms with E-state index >= 15 is 0 Å². The van der Waals surface area contributed by atoms with Crippen molar-refractivity contribution in [3.8, 4) is 11.5 Å². The van der Waals surface area contributed by atoms with E-state index in [1.165, 1.54) is 0 Å². The highest BCUT2D eigenvalue weighted by atomic mass is 16.3. The second kappa shape index (κ2) is 9.22. The van der Waals surface area contributed by atoms with Crippen molar-refractivity contribution in [2.24, 2.45) is 5.92 Å². The number of oxazole rings is 1. The first-order valence-electron chi connectivity index (χ1n) is 8.72. The second-order valence-corrected chi connectivity index (χ2v) is 6.33. The molecule has 2 amide bonds. The largest absolute Gasteiger partial charge is 0.444 e. The minimum absolute atomic E-state index is 0.144. The highest BCUT2D eigenvalue weighted by molar-refractivity contribution is 5.90. The van der Waals surface area contributed by atoms with Crippen molar-refractivity contribution in [3.63, 3.8) is 0 Å². The molecule has 0 aliphatic carbocycles. The summed E-state index contributed by atoms with van der Waals surface area (Å²) in [6.07, 6.45) is 4.32. The van der Waals surface area contributed by atoms with E-state index in [0.29, 0.717) is 24.8 Å².